The summed E-state index contributed by atoms with van der Waals surface area (Å²) in [7, 11) is 0. The number of hydrogen-bond acceptors (Lipinski definition) is 3. The Hall–Kier alpha value is 0.213. The van der Waals surface area contributed by atoms with Crippen molar-refractivity contribution < 1.29 is 45.0 Å². The maximum atomic E-state index is 8.56. The molecule has 11 heteroatoms. The average molecular weight is 252 g/mol. The van der Waals surface area contributed by atoms with E-state index in [1.165, 1.54) is 0 Å². The van der Waals surface area contributed by atoms with Gasteiger partial charge in [-0.1, -0.05) is 0 Å². The van der Waals surface area contributed by atoms with Gasteiger partial charge < -0.3 is 30.6 Å². The van der Waals surface area contributed by atoms with Crippen LogP contribution in [0.15, 0.2) is 0 Å². The van der Waals surface area contributed by atoms with Crippen LogP contribution in [0.1, 0.15) is 0 Å². The summed E-state index contributed by atoms with van der Waals surface area (Å²) in [5.74, 6) is 0. The number of carboxylic acid groups (broad SMARTS) is 6. The molecule has 0 unspecified atom stereocenters. The van der Waals surface area contributed by atoms with Gasteiger partial charge in [0.15, 0.2) is 0 Å². The second-order valence-electron chi connectivity index (χ2n) is 0.848. The molecule has 0 aliphatic rings. The summed E-state index contributed by atoms with van der Waals surface area (Å²) in [4.78, 5) is 25.7. The molecule has 0 saturated carbocycles. The molecule has 0 spiro atoms. The van der Waals surface area contributed by atoms with E-state index in [1.54, 1.807) is 0 Å². The van der Waals surface area contributed by atoms with E-state index in [0.717, 1.165) is 0 Å². The van der Waals surface area contributed by atoms with Crippen molar-refractivity contribution in [3.05, 3.63) is 0 Å². The van der Waals surface area contributed by atoms with Crippen LogP contribution in [-0.2, 0) is 0 Å². The minimum absolute atomic E-state index is 0. The minimum atomic E-state index is -1.83. The van der Waals surface area contributed by atoms with Crippen molar-refractivity contribution in [2.45, 2.75) is 0 Å². The number of carbonyl (C=O) groups is 3. The van der Waals surface area contributed by atoms with Gasteiger partial charge in [-0.2, -0.15) is 0 Å². The van der Waals surface area contributed by atoms with Crippen LogP contribution in [-0.4, -0.2) is 124 Å². The molecule has 0 amide bonds. The predicted octanol–water partition coefficient (Wildman–Crippen LogP) is -0.897. The van der Waals surface area contributed by atoms with E-state index in [1.807, 2.05) is 0 Å². The summed E-state index contributed by atoms with van der Waals surface area (Å²) in [5.41, 5.74) is 0. The molecular formula is C3H9KMgO9. The molecule has 9 nitrogen and oxygen atoms in total. The maximum absolute atomic E-state index is 8.56. The van der Waals surface area contributed by atoms with Gasteiger partial charge in [-0.25, -0.2) is 14.4 Å². The minimum Gasteiger partial charge on any atom is 0.316 e. The van der Waals surface area contributed by atoms with Crippen molar-refractivity contribution in [1.82, 2.24) is 0 Å². The summed E-state index contributed by atoms with van der Waals surface area (Å²) in [6.45, 7) is 0. The number of rotatable bonds is 0. The van der Waals surface area contributed by atoms with Crippen LogP contribution in [0.4, 0.5) is 14.4 Å². The SMILES string of the molecule is O=C(O)O.O=C(O)O.O=C(O)O.[KH].[MgH2]. The van der Waals surface area contributed by atoms with Crippen LogP contribution in [0.25, 0.3) is 0 Å². The van der Waals surface area contributed by atoms with E-state index in [-0.39, 0.29) is 74.4 Å². The van der Waals surface area contributed by atoms with Gasteiger partial charge in [-0.3, -0.25) is 0 Å². The summed E-state index contributed by atoms with van der Waals surface area (Å²) >= 11 is 0. The van der Waals surface area contributed by atoms with Crippen LogP contribution in [0.5, 0.6) is 0 Å². The molecule has 6 N–H and O–H groups in total. The second kappa shape index (κ2) is 23.2. The van der Waals surface area contributed by atoms with Gasteiger partial charge in [-0.05, 0) is 0 Å². The summed E-state index contributed by atoms with van der Waals surface area (Å²) in [6.07, 6.45) is -5.50. The van der Waals surface area contributed by atoms with Crippen molar-refractivity contribution in [1.29, 1.82) is 0 Å². The fourth-order valence-corrected chi connectivity index (χ4v) is 0. The molecule has 0 bridgehead atoms. The standard InChI is InChI=1S/3CH2O3.K.Mg.3H/c3*2-1(3)4;;;;;/h3*(H2,2,3,4);;;;;. The Balaban J connectivity index is -0.0000000270. The first kappa shape index (κ1) is 29.2. The van der Waals surface area contributed by atoms with Gasteiger partial charge in [0.1, 0.15) is 0 Å². The van der Waals surface area contributed by atoms with E-state index in [0.29, 0.717) is 0 Å². The molecule has 0 aromatic heterocycles. The van der Waals surface area contributed by atoms with E-state index in [2.05, 4.69) is 0 Å². The zero-order chi connectivity index (χ0) is 10.7. The second-order valence-corrected chi connectivity index (χ2v) is 0.848. The molecule has 0 aliphatic heterocycles. The molecule has 0 aliphatic carbocycles. The van der Waals surface area contributed by atoms with Crippen molar-refractivity contribution in [3.8, 4) is 0 Å². The van der Waals surface area contributed by atoms with Crippen LogP contribution < -0.4 is 0 Å². The summed E-state index contributed by atoms with van der Waals surface area (Å²) in [5, 5.41) is 41.8. The Kier molecular flexibility index (Phi) is 48.5. The van der Waals surface area contributed by atoms with Crippen molar-refractivity contribution in [2.75, 3.05) is 0 Å². The third-order valence-electron chi connectivity index (χ3n) is 0. The number of hydrogen-bond donors (Lipinski definition) is 6. The molecule has 0 saturated heterocycles. The molecule has 0 rings (SSSR count). The van der Waals surface area contributed by atoms with Crippen LogP contribution in [0, 0.1) is 0 Å². The van der Waals surface area contributed by atoms with Gasteiger partial charge in [0.25, 0.3) is 0 Å². The van der Waals surface area contributed by atoms with Crippen molar-refractivity contribution in [3.63, 3.8) is 0 Å². The first-order valence-electron chi connectivity index (χ1n) is 1.95. The van der Waals surface area contributed by atoms with E-state index >= 15 is 0 Å². The molecule has 14 heavy (non-hydrogen) atoms. The molecule has 78 valence electrons. The molecule has 0 aromatic carbocycles. The van der Waals surface area contributed by atoms with Gasteiger partial charge in [0.2, 0.25) is 0 Å². The smallest absolute Gasteiger partial charge is 0.316 e. The Morgan fingerprint density at radius 1 is 0.571 bits per heavy atom. The van der Waals surface area contributed by atoms with E-state index in [9.17, 15) is 0 Å². The monoisotopic (exact) mass is 252 g/mol. The van der Waals surface area contributed by atoms with Crippen LogP contribution >= 0.6 is 0 Å². The third kappa shape index (κ3) is 34000. The van der Waals surface area contributed by atoms with Crippen molar-refractivity contribution >= 4 is 92.9 Å². The average Bonchev–Trinajstić information content (AvgIpc) is 1.54. The first-order valence-corrected chi connectivity index (χ1v) is 1.95. The maximum Gasteiger partial charge on any atom is 0.316 e. The molecule has 0 fully saturated rings. The van der Waals surface area contributed by atoms with Crippen LogP contribution in [0.3, 0.4) is 0 Å². The molecule has 0 radical (unpaired) electrons. The fourth-order valence-electron chi connectivity index (χ4n) is 0. The molecule has 0 aromatic rings. The third-order valence-corrected chi connectivity index (χ3v) is 0. The zero-order valence-corrected chi connectivity index (χ0v) is 5.41. The molecule has 0 atom stereocenters. The Morgan fingerprint density at radius 3 is 0.571 bits per heavy atom. The molecule has 0 heterocycles. The van der Waals surface area contributed by atoms with E-state index in [4.69, 9.17) is 45.0 Å². The predicted molar refractivity (Wildman–Crippen MR) is 47.7 cm³/mol. The van der Waals surface area contributed by atoms with Crippen molar-refractivity contribution in [2.24, 2.45) is 0 Å². The largest absolute Gasteiger partial charge is 0.316 e. The van der Waals surface area contributed by atoms with Gasteiger partial charge >= 0.3 is 92.9 Å². The van der Waals surface area contributed by atoms with Gasteiger partial charge in [0.05, 0.1) is 0 Å². The molecular weight excluding hydrogens is 243 g/mol. The Labute approximate surface area is 136 Å². The van der Waals surface area contributed by atoms with E-state index < -0.39 is 18.5 Å². The summed E-state index contributed by atoms with van der Waals surface area (Å²) < 4.78 is 0. The van der Waals surface area contributed by atoms with Gasteiger partial charge in [0, 0.05) is 0 Å². The topological polar surface area (TPSA) is 173 Å². The first-order chi connectivity index (χ1) is 5.20. The Bertz CT molecular complexity index is 118. The van der Waals surface area contributed by atoms with Gasteiger partial charge in [-0.15, -0.1) is 0 Å². The zero-order valence-electron chi connectivity index (χ0n) is 5.41. The Morgan fingerprint density at radius 2 is 0.571 bits per heavy atom. The van der Waals surface area contributed by atoms with Crippen LogP contribution in [0.2, 0.25) is 0 Å². The quantitative estimate of drug-likeness (QED) is 0.299. The fraction of sp³-hybridized carbons (Fsp3) is 0. The summed E-state index contributed by atoms with van der Waals surface area (Å²) in [6, 6.07) is 0. The normalized spacial score (nSPS) is 5.14.